The molecule has 1 N–H and O–H groups in total. The molecule has 0 bridgehead atoms. The van der Waals surface area contributed by atoms with Crippen molar-refractivity contribution in [2.45, 2.75) is 39.2 Å². The predicted molar refractivity (Wildman–Crippen MR) is 164 cm³/mol. The van der Waals surface area contributed by atoms with Gasteiger partial charge in [0.2, 0.25) is 0 Å². The summed E-state index contributed by atoms with van der Waals surface area (Å²) in [6.45, 7) is 11.0. The van der Waals surface area contributed by atoms with Crippen LogP contribution in [0.5, 0.6) is 11.5 Å². The van der Waals surface area contributed by atoms with E-state index in [1.54, 1.807) is 14.2 Å². The van der Waals surface area contributed by atoms with Gasteiger partial charge in [0.1, 0.15) is 11.3 Å². The Bertz CT molecular complexity index is 1550. The Balaban J connectivity index is 1.18. The first kappa shape index (κ1) is 27.5. The van der Waals surface area contributed by atoms with E-state index < -0.39 is 5.60 Å². The van der Waals surface area contributed by atoms with Crippen LogP contribution in [0.4, 0.5) is 5.69 Å². The van der Waals surface area contributed by atoms with E-state index in [0.717, 1.165) is 72.1 Å². The fourth-order valence-corrected chi connectivity index (χ4v) is 6.68. The Morgan fingerprint density at radius 2 is 1.56 bits per heavy atom. The lowest BCUT2D eigenvalue weighted by Gasteiger charge is -2.55. The molecule has 2 fully saturated rings. The zero-order valence-electron chi connectivity index (χ0n) is 25.1. The second kappa shape index (κ2) is 10.3. The molecule has 0 unspecified atom stereocenters. The summed E-state index contributed by atoms with van der Waals surface area (Å²) < 4.78 is 13.0. The Hall–Kier alpha value is -3.62. The topological polar surface area (TPSA) is 75.9 Å². The number of rotatable bonds is 7. The minimum Gasteiger partial charge on any atom is -0.493 e. The van der Waals surface area contributed by atoms with Gasteiger partial charge in [-0.2, -0.15) is 0 Å². The maximum atomic E-state index is 10.1. The first-order valence-corrected chi connectivity index (χ1v) is 14.4. The lowest BCUT2D eigenvalue weighted by atomic mass is 9.71. The van der Waals surface area contributed by atoms with Crippen LogP contribution in [0, 0.1) is 12.3 Å². The van der Waals surface area contributed by atoms with Crippen LogP contribution in [0.2, 0.25) is 0 Å². The second-order valence-corrected chi connectivity index (χ2v) is 12.5. The van der Waals surface area contributed by atoms with Gasteiger partial charge < -0.3 is 24.0 Å². The number of ether oxygens (including phenoxy) is 2. The highest BCUT2D eigenvalue weighted by molar-refractivity contribution is 5.86. The Labute approximate surface area is 242 Å². The van der Waals surface area contributed by atoms with Crippen LogP contribution < -0.4 is 14.4 Å². The maximum Gasteiger partial charge on any atom is 0.161 e. The van der Waals surface area contributed by atoms with E-state index in [4.69, 9.17) is 19.4 Å². The fraction of sp³-hybridized carbons (Fsp3) is 0.455. The molecule has 41 heavy (non-hydrogen) atoms. The molecule has 8 nitrogen and oxygen atoms in total. The van der Waals surface area contributed by atoms with Gasteiger partial charge in [-0.3, -0.25) is 9.88 Å². The van der Waals surface area contributed by atoms with Crippen LogP contribution in [0.25, 0.3) is 33.7 Å². The van der Waals surface area contributed by atoms with Crippen molar-refractivity contribution in [2.24, 2.45) is 12.5 Å². The van der Waals surface area contributed by atoms with Gasteiger partial charge in [0.15, 0.2) is 11.5 Å². The molecule has 2 aliphatic rings. The van der Waals surface area contributed by atoms with Gasteiger partial charge in [-0.1, -0.05) is 12.1 Å². The number of pyridine rings is 1. The van der Waals surface area contributed by atoms with E-state index >= 15 is 0 Å². The number of aryl methyl sites for hydroxylation is 2. The van der Waals surface area contributed by atoms with Crippen molar-refractivity contribution in [2.75, 3.05) is 51.8 Å². The number of likely N-dealkylation sites (tertiary alicyclic amines) is 1. The number of methoxy groups -OCH3 is 2. The highest BCUT2D eigenvalue weighted by Gasteiger charge is 2.45. The molecule has 216 valence electrons. The van der Waals surface area contributed by atoms with Gasteiger partial charge in [0, 0.05) is 56.6 Å². The van der Waals surface area contributed by atoms with Crippen LogP contribution in [0.3, 0.4) is 0 Å². The average Bonchev–Trinajstić information content (AvgIpc) is 3.28. The van der Waals surface area contributed by atoms with Gasteiger partial charge in [-0.05, 0) is 75.4 Å². The van der Waals surface area contributed by atoms with E-state index in [2.05, 4.69) is 44.7 Å². The summed E-state index contributed by atoms with van der Waals surface area (Å²) in [6, 6.07) is 16.8. The van der Waals surface area contributed by atoms with E-state index in [1.165, 1.54) is 18.5 Å². The monoisotopic (exact) mass is 555 g/mol. The Kier molecular flexibility index (Phi) is 6.94. The highest BCUT2D eigenvalue weighted by atomic mass is 16.5. The molecule has 2 aromatic carbocycles. The fourth-order valence-electron chi connectivity index (χ4n) is 6.68. The molecule has 2 saturated heterocycles. The summed E-state index contributed by atoms with van der Waals surface area (Å²) in [4.78, 5) is 14.8. The standard InChI is InChI=1S/C33H41N5O3/c1-22-30-27(36(4)31(35-30)24-9-12-28(40-5)29(17-24)41-6)18-26(34-22)23-7-10-25(11-8-23)38-15-13-33(14-16-38)20-37(21-33)19-32(2,3)39/h7-12,17-18,39H,13-16,19-21H2,1-6H3. The van der Waals surface area contributed by atoms with Crippen molar-refractivity contribution >= 4 is 16.7 Å². The van der Waals surface area contributed by atoms with Gasteiger partial charge >= 0.3 is 0 Å². The van der Waals surface area contributed by atoms with Crippen LogP contribution >= 0.6 is 0 Å². The largest absolute Gasteiger partial charge is 0.493 e. The number of aliphatic hydroxyl groups is 1. The predicted octanol–water partition coefficient (Wildman–Crippen LogP) is 5.30. The number of benzene rings is 2. The molecule has 6 rings (SSSR count). The van der Waals surface area contributed by atoms with Crippen molar-refractivity contribution in [1.82, 2.24) is 19.4 Å². The molecule has 8 heteroatoms. The third-order valence-corrected chi connectivity index (χ3v) is 8.77. The zero-order chi connectivity index (χ0) is 28.9. The Morgan fingerprint density at radius 1 is 0.902 bits per heavy atom. The van der Waals surface area contributed by atoms with Crippen LogP contribution in [0.15, 0.2) is 48.5 Å². The van der Waals surface area contributed by atoms with Crippen molar-refractivity contribution < 1.29 is 14.6 Å². The normalized spacial score (nSPS) is 17.2. The first-order valence-electron chi connectivity index (χ1n) is 14.4. The van der Waals surface area contributed by atoms with Crippen LogP contribution in [0.1, 0.15) is 32.4 Å². The summed E-state index contributed by atoms with van der Waals surface area (Å²) in [5.74, 6) is 2.23. The van der Waals surface area contributed by atoms with E-state index in [0.29, 0.717) is 16.9 Å². The molecule has 4 aromatic rings. The smallest absolute Gasteiger partial charge is 0.161 e. The second-order valence-electron chi connectivity index (χ2n) is 12.5. The van der Waals surface area contributed by atoms with Gasteiger partial charge in [-0.15, -0.1) is 0 Å². The molecular weight excluding hydrogens is 514 g/mol. The molecular formula is C33H41N5O3. The molecule has 1 spiro atoms. The molecule has 0 radical (unpaired) electrons. The third kappa shape index (κ3) is 5.26. The third-order valence-electron chi connectivity index (χ3n) is 8.77. The highest BCUT2D eigenvalue weighted by Crippen LogP contribution is 2.42. The SMILES string of the molecule is COc1ccc(-c2nc3c(C)nc(-c4ccc(N5CCC6(CC5)CN(CC(C)(C)O)C6)cc4)cc3n2C)cc1OC. The molecule has 0 saturated carbocycles. The zero-order valence-corrected chi connectivity index (χ0v) is 25.1. The van der Waals surface area contributed by atoms with Crippen LogP contribution in [-0.2, 0) is 7.05 Å². The van der Waals surface area contributed by atoms with Crippen molar-refractivity contribution in [3.05, 3.63) is 54.2 Å². The van der Waals surface area contributed by atoms with E-state index in [9.17, 15) is 5.11 Å². The first-order chi connectivity index (χ1) is 19.6. The minimum atomic E-state index is -0.619. The van der Waals surface area contributed by atoms with Gasteiger partial charge in [0.25, 0.3) is 0 Å². The number of nitrogens with zero attached hydrogens (tertiary/aromatic N) is 5. The van der Waals surface area contributed by atoms with Crippen molar-refractivity contribution in [3.8, 4) is 34.1 Å². The number of hydrogen-bond donors (Lipinski definition) is 1. The molecule has 4 heterocycles. The quantitative estimate of drug-likeness (QED) is 0.332. The number of imidazole rings is 1. The summed E-state index contributed by atoms with van der Waals surface area (Å²) in [6.07, 6.45) is 2.41. The number of β-amino-alcohol motifs (C(OH)–C–C–N with tert-alkyl or cyclic N) is 1. The number of fused-ring (bicyclic) bond motifs is 1. The number of anilines is 1. The average molecular weight is 556 g/mol. The summed E-state index contributed by atoms with van der Waals surface area (Å²) >= 11 is 0. The number of hydrogen-bond acceptors (Lipinski definition) is 7. The van der Waals surface area contributed by atoms with Crippen molar-refractivity contribution in [3.63, 3.8) is 0 Å². The summed E-state index contributed by atoms with van der Waals surface area (Å²) in [5, 5.41) is 10.1. The van der Waals surface area contributed by atoms with Crippen molar-refractivity contribution in [1.29, 1.82) is 0 Å². The number of aromatic nitrogens is 3. The van der Waals surface area contributed by atoms with E-state index in [-0.39, 0.29) is 0 Å². The summed E-state index contributed by atoms with van der Waals surface area (Å²) in [5.41, 5.74) is 6.93. The molecule has 0 amide bonds. The Morgan fingerprint density at radius 3 is 2.20 bits per heavy atom. The molecule has 0 aliphatic carbocycles. The van der Waals surface area contributed by atoms with Gasteiger partial charge in [-0.25, -0.2) is 4.98 Å². The molecule has 2 aliphatic heterocycles. The molecule has 2 aromatic heterocycles. The lowest BCUT2D eigenvalue weighted by Crippen LogP contribution is -2.62. The minimum absolute atomic E-state index is 0.428. The summed E-state index contributed by atoms with van der Waals surface area (Å²) in [7, 11) is 5.33. The lowest BCUT2D eigenvalue weighted by molar-refractivity contribution is -0.0643. The molecule has 0 atom stereocenters. The maximum absolute atomic E-state index is 10.1. The van der Waals surface area contributed by atoms with Crippen LogP contribution in [-0.4, -0.2) is 77.1 Å². The van der Waals surface area contributed by atoms with E-state index in [1.807, 2.05) is 46.0 Å². The van der Waals surface area contributed by atoms with Gasteiger partial charge in [0.05, 0.1) is 36.7 Å². The number of piperidine rings is 1.